The van der Waals surface area contributed by atoms with Gasteiger partial charge in [-0.05, 0) is 12.3 Å². The summed E-state index contributed by atoms with van der Waals surface area (Å²) in [6.07, 6.45) is -1.12. The van der Waals surface area contributed by atoms with E-state index < -0.39 is 56.5 Å². The molecule has 0 amide bonds. The molecule has 7 atom stereocenters. The standard InChI is InChI=1S/C11H14N2O10P2/c14-7-1-2-13(10(16)12-7)11-3-6(11)5-4-21-24(17,18)23-25(19,20)22-8(5)9(11)15/h1-2,5-6,8-9,15H,3-4H2,(H,17,18)(H,19,20)(H,12,14,16)/t5-,6-,8+,9+,11-/m0/s1. The van der Waals surface area contributed by atoms with E-state index in [9.17, 15) is 33.6 Å². The largest absolute Gasteiger partial charge is 0.481 e. The summed E-state index contributed by atoms with van der Waals surface area (Å²) in [4.78, 5) is 44.4. The third-order valence-corrected chi connectivity index (χ3v) is 7.59. The fourth-order valence-corrected chi connectivity index (χ4v) is 6.25. The van der Waals surface area contributed by atoms with Crippen LogP contribution in [0.3, 0.4) is 0 Å². The molecule has 25 heavy (non-hydrogen) atoms. The summed E-state index contributed by atoms with van der Waals surface area (Å²) in [5.74, 6) is -1.15. The smallest absolute Gasteiger partial charge is 0.388 e. The fourth-order valence-electron chi connectivity index (χ4n) is 3.92. The van der Waals surface area contributed by atoms with Gasteiger partial charge in [-0.2, -0.15) is 4.31 Å². The summed E-state index contributed by atoms with van der Waals surface area (Å²) in [6, 6.07) is 1.11. The number of aromatic nitrogens is 2. The molecular formula is C11H14N2O10P2. The molecule has 12 nitrogen and oxygen atoms in total. The van der Waals surface area contributed by atoms with Crippen molar-refractivity contribution in [2.75, 3.05) is 6.61 Å². The molecule has 3 aliphatic rings. The van der Waals surface area contributed by atoms with Gasteiger partial charge in [-0.15, -0.1) is 0 Å². The van der Waals surface area contributed by atoms with Crippen LogP contribution in [0.25, 0.3) is 0 Å². The maximum atomic E-state index is 12.1. The molecule has 2 heterocycles. The van der Waals surface area contributed by atoms with E-state index >= 15 is 0 Å². The van der Waals surface area contributed by atoms with E-state index in [1.54, 1.807) is 0 Å². The third kappa shape index (κ3) is 2.61. The molecule has 4 N–H and O–H groups in total. The molecule has 0 spiro atoms. The van der Waals surface area contributed by atoms with Gasteiger partial charge in [-0.1, -0.05) is 0 Å². The monoisotopic (exact) mass is 396 g/mol. The number of fused-ring (bicyclic) bond motifs is 3. The molecule has 1 saturated heterocycles. The van der Waals surface area contributed by atoms with Gasteiger partial charge in [0.2, 0.25) is 0 Å². The van der Waals surface area contributed by atoms with Crippen molar-refractivity contribution < 1.29 is 37.4 Å². The first-order chi connectivity index (χ1) is 11.6. The second-order valence-electron chi connectivity index (χ2n) is 6.28. The van der Waals surface area contributed by atoms with Crippen molar-refractivity contribution in [3.05, 3.63) is 33.1 Å². The number of phosphoric ester groups is 2. The number of phosphoric acid groups is 2. The normalized spacial score (nSPS) is 48.9. The Morgan fingerprint density at radius 3 is 2.68 bits per heavy atom. The molecule has 1 aliphatic heterocycles. The van der Waals surface area contributed by atoms with Crippen molar-refractivity contribution in [1.82, 2.24) is 9.55 Å². The maximum Gasteiger partial charge on any atom is 0.481 e. The van der Waals surface area contributed by atoms with Crippen LogP contribution in [0.5, 0.6) is 0 Å². The predicted molar refractivity (Wildman–Crippen MR) is 78.5 cm³/mol. The van der Waals surface area contributed by atoms with E-state index in [4.69, 9.17) is 9.05 Å². The Hall–Kier alpha value is -1.10. The summed E-state index contributed by atoms with van der Waals surface area (Å²) >= 11 is 0. The second kappa shape index (κ2) is 5.21. The van der Waals surface area contributed by atoms with Crippen LogP contribution in [0.4, 0.5) is 0 Å². The molecule has 4 rings (SSSR count). The number of aromatic amines is 1. The van der Waals surface area contributed by atoms with Crippen LogP contribution in [0.1, 0.15) is 6.42 Å². The van der Waals surface area contributed by atoms with Gasteiger partial charge in [0.25, 0.3) is 5.56 Å². The first-order valence-corrected chi connectivity index (χ1v) is 10.3. The van der Waals surface area contributed by atoms with Crippen LogP contribution in [0.15, 0.2) is 21.9 Å². The highest BCUT2D eigenvalue weighted by atomic mass is 31.3. The highest BCUT2D eigenvalue weighted by Crippen LogP contribution is 2.70. The number of hydrogen-bond acceptors (Lipinski definition) is 8. The van der Waals surface area contributed by atoms with Crippen molar-refractivity contribution in [3.63, 3.8) is 0 Å². The topological polar surface area (TPSA) is 177 Å². The molecule has 14 heteroatoms. The zero-order valence-electron chi connectivity index (χ0n) is 12.4. The average molecular weight is 396 g/mol. The number of aliphatic hydroxyl groups is 1. The molecule has 0 bridgehead atoms. The van der Waals surface area contributed by atoms with Crippen LogP contribution < -0.4 is 11.2 Å². The summed E-state index contributed by atoms with van der Waals surface area (Å²) < 4.78 is 38.3. The van der Waals surface area contributed by atoms with Gasteiger partial charge in [-0.25, -0.2) is 13.9 Å². The minimum atomic E-state index is -4.98. The van der Waals surface area contributed by atoms with Crippen molar-refractivity contribution in [2.24, 2.45) is 11.8 Å². The van der Waals surface area contributed by atoms with Crippen LogP contribution >= 0.6 is 15.6 Å². The maximum absolute atomic E-state index is 12.1. The summed E-state index contributed by atoms with van der Waals surface area (Å²) in [5.41, 5.74) is -2.52. The minimum absolute atomic E-state index is 0.306. The van der Waals surface area contributed by atoms with Gasteiger partial charge in [-0.3, -0.25) is 23.4 Å². The quantitative estimate of drug-likeness (QED) is 0.425. The Morgan fingerprint density at radius 1 is 1.28 bits per heavy atom. The lowest BCUT2D eigenvalue weighted by Gasteiger charge is -2.31. The molecule has 0 radical (unpaired) electrons. The van der Waals surface area contributed by atoms with Gasteiger partial charge >= 0.3 is 21.3 Å². The lowest BCUT2D eigenvalue weighted by Crippen LogP contribution is -2.45. The molecule has 138 valence electrons. The Labute approximate surface area is 139 Å². The highest BCUT2D eigenvalue weighted by molar-refractivity contribution is 7.61. The number of hydrogen-bond donors (Lipinski definition) is 4. The van der Waals surface area contributed by atoms with E-state index in [0.29, 0.717) is 6.42 Å². The van der Waals surface area contributed by atoms with E-state index in [-0.39, 0.29) is 6.61 Å². The second-order valence-corrected chi connectivity index (χ2v) is 9.27. The zero-order chi connectivity index (χ0) is 18.2. The van der Waals surface area contributed by atoms with Gasteiger partial charge in [0, 0.05) is 18.2 Å². The predicted octanol–water partition coefficient (Wildman–Crippen LogP) is -1.12. The van der Waals surface area contributed by atoms with Gasteiger partial charge in [0.15, 0.2) is 0 Å². The molecule has 0 aromatic carbocycles. The number of rotatable bonds is 1. The lowest BCUT2D eigenvalue weighted by atomic mass is 10.0. The summed E-state index contributed by atoms with van der Waals surface area (Å²) in [5, 5.41) is 10.7. The van der Waals surface area contributed by atoms with Crippen LogP contribution in [0, 0.1) is 11.8 Å². The van der Waals surface area contributed by atoms with E-state index in [2.05, 4.69) is 9.29 Å². The summed E-state index contributed by atoms with van der Waals surface area (Å²) in [6.45, 7) is -0.375. The van der Waals surface area contributed by atoms with Crippen molar-refractivity contribution >= 4 is 15.6 Å². The number of aliphatic hydroxyl groups excluding tert-OH is 1. The molecule has 2 aliphatic carbocycles. The van der Waals surface area contributed by atoms with Crippen LogP contribution in [-0.2, 0) is 28.0 Å². The van der Waals surface area contributed by atoms with E-state index in [0.717, 1.165) is 10.6 Å². The fraction of sp³-hybridized carbons (Fsp3) is 0.636. The third-order valence-electron chi connectivity index (χ3n) is 4.95. The van der Waals surface area contributed by atoms with Crippen LogP contribution in [-0.4, -0.2) is 43.3 Å². The zero-order valence-corrected chi connectivity index (χ0v) is 14.2. The first-order valence-electron chi connectivity index (χ1n) is 7.26. The highest BCUT2D eigenvalue weighted by Gasteiger charge is 2.74. The van der Waals surface area contributed by atoms with Gasteiger partial charge in [0.1, 0.15) is 12.2 Å². The molecule has 2 saturated carbocycles. The number of H-pyrrole nitrogens is 1. The minimum Gasteiger partial charge on any atom is -0.388 e. The van der Waals surface area contributed by atoms with Crippen molar-refractivity contribution in [3.8, 4) is 0 Å². The Bertz CT molecular complexity index is 941. The van der Waals surface area contributed by atoms with E-state index in [1.807, 2.05) is 0 Å². The first kappa shape index (κ1) is 17.3. The Morgan fingerprint density at radius 2 is 2.00 bits per heavy atom. The lowest BCUT2D eigenvalue weighted by molar-refractivity contribution is -0.0352. The van der Waals surface area contributed by atoms with Crippen molar-refractivity contribution in [1.29, 1.82) is 0 Å². The molecule has 2 unspecified atom stereocenters. The molecule has 3 fully saturated rings. The Kier molecular flexibility index (Phi) is 3.61. The molecule has 1 aromatic heterocycles. The van der Waals surface area contributed by atoms with Gasteiger partial charge in [0.05, 0.1) is 12.1 Å². The Balaban J connectivity index is 1.75. The number of nitrogens with one attached hydrogen (secondary N) is 1. The van der Waals surface area contributed by atoms with Crippen molar-refractivity contribution in [2.45, 2.75) is 24.2 Å². The van der Waals surface area contributed by atoms with E-state index in [1.165, 1.54) is 6.20 Å². The SMILES string of the molecule is O=c1ccn([C@@]23C[C@H]2[C@@H]2COP(=O)(O)OP(=O)(O)O[C@H]2[C@H]3O)c(=O)[nH]1. The molecular weight excluding hydrogens is 382 g/mol. The average Bonchev–Trinajstić information content (AvgIpc) is 3.14. The van der Waals surface area contributed by atoms with Gasteiger partial charge < -0.3 is 14.9 Å². The van der Waals surface area contributed by atoms with Crippen LogP contribution in [0.2, 0.25) is 0 Å². The summed E-state index contributed by atoms with van der Waals surface area (Å²) in [7, 11) is -9.78. The molecule has 1 aromatic rings. The number of nitrogens with zero attached hydrogens (tertiary/aromatic N) is 1.